The maximum Gasteiger partial charge on any atom is 0.253 e. The lowest BCUT2D eigenvalue weighted by Crippen LogP contribution is -2.35. The van der Waals surface area contributed by atoms with Crippen molar-refractivity contribution in [3.8, 4) is 0 Å². The number of fused-ring (bicyclic) bond motifs is 1. The van der Waals surface area contributed by atoms with Crippen LogP contribution in [0.1, 0.15) is 16.8 Å². The molecule has 4 heteroatoms. The van der Waals surface area contributed by atoms with Gasteiger partial charge in [-0.05, 0) is 50.2 Å². The van der Waals surface area contributed by atoms with Crippen molar-refractivity contribution in [2.75, 3.05) is 26.7 Å². The highest BCUT2D eigenvalue weighted by Crippen LogP contribution is 2.30. The van der Waals surface area contributed by atoms with Crippen LogP contribution in [0, 0.1) is 5.92 Å². The standard InChI is InChI=1S/C14H17ClN2O/c1-16-7-6-11-8-17(9-13(11)16)14(18)10-2-4-12(15)5-3-10/h2-5,11,13H,6-9H2,1H3/t11-,13+/m0/s1. The Balaban J connectivity index is 1.73. The van der Waals surface area contributed by atoms with Crippen molar-refractivity contribution in [1.82, 2.24) is 9.80 Å². The Kier molecular flexibility index (Phi) is 3.04. The van der Waals surface area contributed by atoms with Crippen molar-refractivity contribution in [2.45, 2.75) is 12.5 Å². The molecule has 1 aromatic rings. The van der Waals surface area contributed by atoms with Crippen LogP contribution in [0.15, 0.2) is 24.3 Å². The number of carbonyl (C=O) groups is 1. The van der Waals surface area contributed by atoms with Gasteiger partial charge in [-0.2, -0.15) is 0 Å². The lowest BCUT2D eigenvalue weighted by molar-refractivity contribution is 0.0774. The number of likely N-dealkylation sites (N-methyl/N-ethyl adjacent to an activating group) is 1. The normalized spacial score (nSPS) is 27.6. The third-order valence-electron chi connectivity index (χ3n) is 4.20. The van der Waals surface area contributed by atoms with Crippen LogP contribution in [0.4, 0.5) is 0 Å². The van der Waals surface area contributed by atoms with E-state index in [2.05, 4.69) is 11.9 Å². The predicted octanol–water partition coefficient (Wildman–Crippen LogP) is 2.12. The molecule has 1 amide bonds. The fourth-order valence-corrected chi connectivity index (χ4v) is 3.24. The minimum absolute atomic E-state index is 0.134. The maximum atomic E-state index is 12.4. The van der Waals surface area contributed by atoms with Crippen LogP contribution in [0.5, 0.6) is 0 Å². The third-order valence-corrected chi connectivity index (χ3v) is 4.46. The molecule has 0 radical (unpaired) electrons. The molecule has 18 heavy (non-hydrogen) atoms. The van der Waals surface area contributed by atoms with E-state index in [4.69, 9.17) is 11.6 Å². The van der Waals surface area contributed by atoms with Crippen molar-refractivity contribution in [3.05, 3.63) is 34.9 Å². The van der Waals surface area contributed by atoms with E-state index in [-0.39, 0.29) is 5.91 Å². The molecule has 0 N–H and O–H groups in total. The Morgan fingerprint density at radius 2 is 2.00 bits per heavy atom. The second-order valence-corrected chi connectivity index (χ2v) is 5.75. The van der Waals surface area contributed by atoms with Gasteiger partial charge >= 0.3 is 0 Å². The van der Waals surface area contributed by atoms with Crippen LogP contribution in [0.25, 0.3) is 0 Å². The van der Waals surface area contributed by atoms with Gasteiger partial charge in [0.15, 0.2) is 0 Å². The van der Waals surface area contributed by atoms with Gasteiger partial charge in [0.25, 0.3) is 5.91 Å². The highest BCUT2D eigenvalue weighted by molar-refractivity contribution is 6.30. The fourth-order valence-electron chi connectivity index (χ4n) is 3.11. The van der Waals surface area contributed by atoms with Gasteiger partial charge in [0.1, 0.15) is 0 Å². The number of amides is 1. The predicted molar refractivity (Wildman–Crippen MR) is 71.9 cm³/mol. The van der Waals surface area contributed by atoms with Crippen molar-refractivity contribution >= 4 is 17.5 Å². The third kappa shape index (κ3) is 2.02. The Morgan fingerprint density at radius 1 is 1.28 bits per heavy atom. The number of carbonyl (C=O) groups excluding carboxylic acids is 1. The number of hydrogen-bond acceptors (Lipinski definition) is 2. The summed E-state index contributed by atoms with van der Waals surface area (Å²) in [6.45, 7) is 2.93. The van der Waals surface area contributed by atoms with Crippen molar-refractivity contribution in [1.29, 1.82) is 0 Å². The number of rotatable bonds is 1. The molecule has 0 unspecified atom stereocenters. The first kappa shape index (κ1) is 12.0. The quantitative estimate of drug-likeness (QED) is 0.776. The summed E-state index contributed by atoms with van der Waals surface area (Å²) >= 11 is 5.84. The van der Waals surface area contributed by atoms with Crippen LogP contribution < -0.4 is 0 Å². The molecule has 2 aliphatic heterocycles. The zero-order valence-corrected chi connectivity index (χ0v) is 11.2. The van der Waals surface area contributed by atoms with Crippen LogP contribution in [-0.2, 0) is 0 Å². The van der Waals surface area contributed by atoms with E-state index in [1.165, 1.54) is 6.42 Å². The van der Waals surface area contributed by atoms with Gasteiger partial charge in [-0.15, -0.1) is 0 Å². The molecule has 2 saturated heterocycles. The highest BCUT2D eigenvalue weighted by atomic mass is 35.5. The Morgan fingerprint density at radius 3 is 2.67 bits per heavy atom. The number of benzene rings is 1. The number of hydrogen-bond donors (Lipinski definition) is 0. The molecule has 2 atom stereocenters. The Bertz CT molecular complexity index is 459. The average Bonchev–Trinajstić information content (AvgIpc) is 2.92. The minimum Gasteiger partial charge on any atom is -0.337 e. The van der Waals surface area contributed by atoms with Crippen LogP contribution in [0.2, 0.25) is 5.02 Å². The largest absolute Gasteiger partial charge is 0.337 e. The van der Waals surface area contributed by atoms with E-state index in [1.807, 2.05) is 17.0 Å². The highest BCUT2D eigenvalue weighted by Gasteiger charge is 2.41. The van der Waals surface area contributed by atoms with E-state index >= 15 is 0 Å². The summed E-state index contributed by atoms with van der Waals surface area (Å²) in [5, 5.41) is 0.671. The summed E-state index contributed by atoms with van der Waals surface area (Å²) < 4.78 is 0. The average molecular weight is 265 g/mol. The molecule has 0 bridgehead atoms. The number of nitrogens with zero attached hydrogens (tertiary/aromatic N) is 2. The molecule has 2 fully saturated rings. The fraction of sp³-hybridized carbons (Fsp3) is 0.500. The molecule has 0 aliphatic carbocycles. The zero-order chi connectivity index (χ0) is 12.7. The van der Waals surface area contributed by atoms with E-state index in [0.717, 1.165) is 25.2 Å². The van der Waals surface area contributed by atoms with E-state index < -0.39 is 0 Å². The summed E-state index contributed by atoms with van der Waals surface area (Å²) in [5.74, 6) is 0.792. The summed E-state index contributed by atoms with van der Waals surface area (Å²) in [6.07, 6.45) is 1.21. The van der Waals surface area contributed by atoms with Crippen LogP contribution in [0.3, 0.4) is 0 Å². The second kappa shape index (κ2) is 4.56. The van der Waals surface area contributed by atoms with E-state index in [0.29, 0.717) is 17.0 Å². The van der Waals surface area contributed by atoms with E-state index in [9.17, 15) is 4.79 Å². The first-order chi connectivity index (χ1) is 8.65. The van der Waals surface area contributed by atoms with Gasteiger partial charge in [0.2, 0.25) is 0 Å². The Hall–Kier alpha value is -1.06. The molecule has 96 valence electrons. The number of halogens is 1. The van der Waals surface area contributed by atoms with Crippen molar-refractivity contribution in [3.63, 3.8) is 0 Å². The first-order valence-electron chi connectivity index (χ1n) is 6.40. The molecule has 0 saturated carbocycles. The minimum atomic E-state index is 0.134. The summed E-state index contributed by atoms with van der Waals surface area (Å²) in [5.41, 5.74) is 0.738. The van der Waals surface area contributed by atoms with Gasteiger partial charge in [0.05, 0.1) is 0 Å². The van der Waals surface area contributed by atoms with Crippen LogP contribution in [-0.4, -0.2) is 48.4 Å². The maximum absolute atomic E-state index is 12.4. The monoisotopic (exact) mass is 264 g/mol. The SMILES string of the molecule is CN1CC[C@H]2CN(C(=O)c3ccc(Cl)cc3)C[C@H]21. The van der Waals surface area contributed by atoms with Gasteiger partial charge < -0.3 is 9.80 Å². The molecular formula is C14H17ClN2O. The van der Waals surface area contributed by atoms with Gasteiger partial charge in [-0.1, -0.05) is 11.6 Å². The smallest absolute Gasteiger partial charge is 0.253 e. The second-order valence-electron chi connectivity index (χ2n) is 5.31. The van der Waals surface area contributed by atoms with Crippen molar-refractivity contribution in [2.24, 2.45) is 5.92 Å². The topological polar surface area (TPSA) is 23.6 Å². The summed E-state index contributed by atoms with van der Waals surface area (Å²) in [6, 6.07) is 7.72. The summed E-state index contributed by atoms with van der Waals surface area (Å²) in [4.78, 5) is 16.7. The van der Waals surface area contributed by atoms with Crippen molar-refractivity contribution < 1.29 is 4.79 Å². The number of likely N-dealkylation sites (tertiary alicyclic amines) is 2. The van der Waals surface area contributed by atoms with Gasteiger partial charge in [-0.3, -0.25) is 4.79 Å². The molecular weight excluding hydrogens is 248 g/mol. The molecule has 3 nitrogen and oxygen atoms in total. The summed E-state index contributed by atoms with van der Waals surface area (Å²) in [7, 11) is 2.15. The lowest BCUT2D eigenvalue weighted by atomic mass is 10.1. The molecule has 2 heterocycles. The Labute approximate surface area is 112 Å². The molecule has 3 rings (SSSR count). The van der Waals surface area contributed by atoms with Gasteiger partial charge in [0, 0.05) is 29.7 Å². The molecule has 1 aromatic carbocycles. The van der Waals surface area contributed by atoms with E-state index in [1.54, 1.807) is 12.1 Å². The molecule has 0 spiro atoms. The first-order valence-corrected chi connectivity index (χ1v) is 6.78. The zero-order valence-electron chi connectivity index (χ0n) is 10.5. The van der Waals surface area contributed by atoms with Crippen LogP contribution >= 0.6 is 11.6 Å². The molecule has 0 aromatic heterocycles. The lowest BCUT2D eigenvalue weighted by Gasteiger charge is -2.20. The molecule has 2 aliphatic rings. The van der Waals surface area contributed by atoms with Gasteiger partial charge in [-0.25, -0.2) is 0 Å².